The summed E-state index contributed by atoms with van der Waals surface area (Å²) in [6.07, 6.45) is 0.771. The number of halogens is 1. The molecule has 142 valence electrons. The molecule has 9 heteroatoms. The van der Waals surface area contributed by atoms with Crippen molar-refractivity contribution in [3.63, 3.8) is 0 Å². The fourth-order valence-electron chi connectivity index (χ4n) is 2.81. The molecule has 26 heavy (non-hydrogen) atoms. The lowest BCUT2D eigenvalue weighted by Crippen LogP contribution is -2.41. The summed E-state index contributed by atoms with van der Waals surface area (Å²) in [6, 6.07) is 9.72. The van der Waals surface area contributed by atoms with E-state index in [1.807, 2.05) is 35.7 Å². The molecule has 0 atom stereocenters. The number of nitrogens with one attached hydrogen (secondary N) is 2. The van der Waals surface area contributed by atoms with Crippen LogP contribution in [0.25, 0.3) is 0 Å². The van der Waals surface area contributed by atoms with Crippen LogP contribution in [0.5, 0.6) is 0 Å². The number of fused-ring (bicyclic) bond motifs is 1. The Hall–Kier alpha value is -1.33. The monoisotopic (exact) mass is 506 g/mol. The minimum Gasteiger partial charge on any atom is -0.355 e. The normalized spacial score (nSPS) is 13.9. The van der Waals surface area contributed by atoms with E-state index in [-0.39, 0.29) is 29.7 Å². The van der Waals surface area contributed by atoms with Crippen molar-refractivity contribution in [2.45, 2.75) is 13.0 Å². The predicted molar refractivity (Wildman–Crippen MR) is 119 cm³/mol. The summed E-state index contributed by atoms with van der Waals surface area (Å²) in [4.78, 5) is 4.13. The molecular formula is C17H23IN4O2S2. The number of anilines is 1. The number of aliphatic imine (C=N–C) groups is 1. The number of thiophene rings is 1. The first-order valence-corrected chi connectivity index (χ1v) is 10.7. The number of hydrogen-bond acceptors (Lipinski definition) is 4. The highest BCUT2D eigenvalue weighted by molar-refractivity contribution is 14.0. The molecule has 2 N–H and O–H groups in total. The van der Waals surface area contributed by atoms with E-state index >= 15 is 0 Å². The molecule has 3 rings (SSSR count). The lowest BCUT2D eigenvalue weighted by atomic mass is 10.2. The number of hydrogen-bond donors (Lipinski definition) is 2. The fraction of sp³-hybridized carbons (Fsp3) is 0.353. The molecule has 2 heterocycles. The van der Waals surface area contributed by atoms with Gasteiger partial charge in [-0.05, 0) is 40.4 Å². The van der Waals surface area contributed by atoms with E-state index in [4.69, 9.17) is 0 Å². The van der Waals surface area contributed by atoms with Crippen molar-refractivity contribution in [3.05, 3.63) is 52.2 Å². The first-order chi connectivity index (χ1) is 12.1. The highest BCUT2D eigenvalue weighted by Crippen LogP contribution is 2.29. The first kappa shape index (κ1) is 21.0. The van der Waals surface area contributed by atoms with Crippen molar-refractivity contribution < 1.29 is 8.42 Å². The zero-order valence-electron chi connectivity index (χ0n) is 14.5. The van der Waals surface area contributed by atoms with Gasteiger partial charge in [0.05, 0.1) is 11.4 Å². The number of nitrogens with zero attached hydrogens (tertiary/aromatic N) is 2. The van der Waals surface area contributed by atoms with Gasteiger partial charge in [0.2, 0.25) is 10.0 Å². The van der Waals surface area contributed by atoms with Crippen molar-refractivity contribution >= 4 is 57.0 Å². The van der Waals surface area contributed by atoms with Crippen molar-refractivity contribution in [2.24, 2.45) is 4.99 Å². The first-order valence-electron chi connectivity index (χ1n) is 8.14. The van der Waals surface area contributed by atoms with Gasteiger partial charge in [-0.25, -0.2) is 8.42 Å². The second kappa shape index (κ2) is 9.56. The van der Waals surface area contributed by atoms with E-state index in [0.29, 0.717) is 25.6 Å². The maximum Gasteiger partial charge on any atom is 0.236 e. The van der Waals surface area contributed by atoms with Gasteiger partial charge in [-0.3, -0.25) is 9.30 Å². The number of benzene rings is 1. The Morgan fingerprint density at radius 2 is 2.08 bits per heavy atom. The van der Waals surface area contributed by atoms with E-state index in [2.05, 4.69) is 21.0 Å². The maximum atomic E-state index is 12.6. The van der Waals surface area contributed by atoms with Crippen molar-refractivity contribution in [1.29, 1.82) is 0 Å². The largest absolute Gasteiger partial charge is 0.355 e. The third kappa shape index (κ3) is 5.10. The molecule has 0 bridgehead atoms. The standard InChI is InChI=1S/C17H22N4O2S2.HI/c1-18-17(20-12-14-7-10-24-13-14)19-8-11-25(22,23)21-9-6-15-4-2-3-5-16(15)21;/h2-5,7,10,13H,6,8-9,11-12H2,1H3,(H2,18,19,20);1H. The Morgan fingerprint density at radius 1 is 1.27 bits per heavy atom. The molecule has 0 aliphatic carbocycles. The van der Waals surface area contributed by atoms with Crippen molar-refractivity contribution in [2.75, 3.05) is 30.2 Å². The average Bonchev–Trinajstić information content (AvgIpc) is 3.27. The van der Waals surface area contributed by atoms with Gasteiger partial charge >= 0.3 is 0 Å². The number of para-hydroxylation sites is 1. The summed E-state index contributed by atoms with van der Waals surface area (Å²) in [6.45, 7) is 1.49. The van der Waals surface area contributed by atoms with E-state index < -0.39 is 10.0 Å². The molecule has 1 aromatic carbocycles. The highest BCUT2D eigenvalue weighted by Gasteiger charge is 2.28. The van der Waals surface area contributed by atoms with Gasteiger partial charge in [0.25, 0.3) is 0 Å². The Bertz CT molecular complexity index is 838. The number of rotatable bonds is 6. The second-order valence-electron chi connectivity index (χ2n) is 5.75. The fourth-order valence-corrected chi connectivity index (χ4v) is 4.90. The van der Waals surface area contributed by atoms with Gasteiger partial charge < -0.3 is 10.6 Å². The summed E-state index contributed by atoms with van der Waals surface area (Å²) in [5, 5.41) is 10.3. The summed E-state index contributed by atoms with van der Waals surface area (Å²) in [5.74, 6) is 0.628. The van der Waals surface area contributed by atoms with Crippen molar-refractivity contribution in [3.8, 4) is 0 Å². The SMILES string of the molecule is CN=C(NCCS(=O)(=O)N1CCc2ccccc21)NCc1ccsc1.I. The van der Waals surface area contributed by atoms with E-state index in [1.165, 1.54) is 9.87 Å². The van der Waals surface area contributed by atoms with E-state index in [1.54, 1.807) is 18.4 Å². The van der Waals surface area contributed by atoms with Crippen molar-refractivity contribution in [1.82, 2.24) is 10.6 Å². The van der Waals surface area contributed by atoms with Crippen LogP contribution in [-0.4, -0.2) is 40.3 Å². The van der Waals surface area contributed by atoms with Crippen LogP contribution in [0.2, 0.25) is 0 Å². The summed E-state index contributed by atoms with van der Waals surface area (Å²) < 4.78 is 26.8. The number of guanidine groups is 1. The lowest BCUT2D eigenvalue weighted by molar-refractivity contribution is 0.591. The molecule has 1 aromatic heterocycles. The van der Waals surface area contributed by atoms with Gasteiger partial charge in [0, 0.05) is 26.7 Å². The maximum absolute atomic E-state index is 12.6. The molecule has 1 aliphatic rings. The number of sulfonamides is 1. The van der Waals surface area contributed by atoms with Crippen LogP contribution < -0.4 is 14.9 Å². The summed E-state index contributed by atoms with van der Waals surface area (Å²) in [5.41, 5.74) is 3.07. The zero-order chi connectivity index (χ0) is 17.7. The quantitative estimate of drug-likeness (QED) is 0.359. The predicted octanol–water partition coefficient (Wildman–Crippen LogP) is 2.42. The highest BCUT2D eigenvalue weighted by atomic mass is 127. The van der Waals surface area contributed by atoms with Crippen LogP contribution in [0, 0.1) is 0 Å². The molecule has 2 aromatic rings. The molecule has 0 fully saturated rings. The van der Waals surface area contributed by atoms with Crippen LogP contribution in [0.15, 0.2) is 46.1 Å². The van der Waals surface area contributed by atoms with Crippen LogP contribution in [0.4, 0.5) is 5.69 Å². The topological polar surface area (TPSA) is 73.8 Å². The van der Waals surface area contributed by atoms with Crippen LogP contribution in [0.1, 0.15) is 11.1 Å². The van der Waals surface area contributed by atoms with Gasteiger partial charge in [-0.2, -0.15) is 11.3 Å². The molecule has 0 unspecified atom stereocenters. The van der Waals surface area contributed by atoms with Gasteiger partial charge in [-0.15, -0.1) is 24.0 Å². The molecule has 0 saturated carbocycles. The Balaban J connectivity index is 0.00000243. The van der Waals surface area contributed by atoms with Crippen LogP contribution in [0.3, 0.4) is 0 Å². The zero-order valence-corrected chi connectivity index (χ0v) is 18.5. The van der Waals surface area contributed by atoms with Crippen LogP contribution >= 0.6 is 35.3 Å². The van der Waals surface area contributed by atoms with E-state index in [9.17, 15) is 8.42 Å². The average molecular weight is 506 g/mol. The molecule has 1 aliphatic heterocycles. The smallest absolute Gasteiger partial charge is 0.236 e. The minimum atomic E-state index is -3.35. The van der Waals surface area contributed by atoms with Gasteiger partial charge in [0.15, 0.2) is 5.96 Å². The Labute approximate surface area is 175 Å². The van der Waals surface area contributed by atoms with E-state index in [0.717, 1.165) is 17.7 Å². The molecule has 6 nitrogen and oxygen atoms in total. The summed E-state index contributed by atoms with van der Waals surface area (Å²) in [7, 11) is -1.67. The molecule has 0 spiro atoms. The third-order valence-electron chi connectivity index (χ3n) is 4.10. The Morgan fingerprint density at radius 3 is 2.81 bits per heavy atom. The van der Waals surface area contributed by atoms with Gasteiger partial charge in [-0.1, -0.05) is 18.2 Å². The molecule has 0 radical (unpaired) electrons. The second-order valence-corrected chi connectivity index (χ2v) is 8.54. The Kier molecular flexibility index (Phi) is 7.71. The summed E-state index contributed by atoms with van der Waals surface area (Å²) >= 11 is 1.64. The van der Waals surface area contributed by atoms with Crippen LogP contribution in [-0.2, 0) is 23.0 Å². The minimum absolute atomic E-state index is 0. The lowest BCUT2D eigenvalue weighted by Gasteiger charge is -2.20. The molecule has 0 saturated heterocycles. The van der Waals surface area contributed by atoms with Gasteiger partial charge in [0.1, 0.15) is 0 Å². The molecule has 0 amide bonds. The molecular weight excluding hydrogens is 483 g/mol. The third-order valence-corrected chi connectivity index (χ3v) is 6.60.